The smallest absolute Gasteiger partial charge is 0.227 e. The van der Waals surface area contributed by atoms with Gasteiger partial charge in [0, 0.05) is 18.7 Å². The summed E-state index contributed by atoms with van der Waals surface area (Å²) in [6.07, 6.45) is 4.06. The molecule has 1 fully saturated rings. The van der Waals surface area contributed by atoms with Crippen LogP contribution in [0.1, 0.15) is 24.8 Å². The lowest BCUT2D eigenvalue weighted by molar-refractivity contribution is -0.119. The Labute approximate surface area is 115 Å². The zero-order valence-corrected chi connectivity index (χ0v) is 11.6. The second kappa shape index (κ2) is 5.33. The van der Waals surface area contributed by atoms with Gasteiger partial charge in [-0.2, -0.15) is 0 Å². The van der Waals surface area contributed by atoms with Crippen LogP contribution < -0.4 is 4.90 Å². The standard InChI is InChI=1S/C16H22N2O/c1-17-9-6-13(7-10-17)12-16(19)18-11-8-14-4-2-3-5-15(14)18/h2-5,13H,6-12H2,1H3. The van der Waals surface area contributed by atoms with E-state index >= 15 is 0 Å². The van der Waals surface area contributed by atoms with Crippen LogP contribution in [0.3, 0.4) is 0 Å². The number of nitrogens with zero attached hydrogens (tertiary/aromatic N) is 2. The van der Waals surface area contributed by atoms with Gasteiger partial charge in [-0.1, -0.05) is 18.2 Å². The number of fused-ring (bicyclic) bond motifs is 1. The predicted octanol–water partition coefficient (Wildman–Crippen LogP) is 2.31. The number of hydrogen-bond donors (Lipinski definition) is 0. The molecular weight excluding hydrogens is 236 g/mol. The molecule has 1 saturated heterocycles. The summed E-state index contributed by atoms with van der Waals surface area (Å²) < 4.78 is 0. The summed E-state index contributed by atoms with van der Waals surface area (Å²) in [6, 6.07) is 8.30. The van der Waals surface area contributed by atoms with E-state index < -0.39 is 0 Å². The Kier molecular flexibility index (Phi) is 3.56. The Balaban J connectivity index is 1.63. The molecule has 0 spiro atoms. The fourth-order valence-electron chi connectivity index (χ4n) is 3.22. The Morgan fingerprint density at radius 3 is 2.74 bits per heavy atom. The van der Waals surface area contributed by atoms with Crippen molar-refractivity contribution in [2.75, 3.05) is 31.6 Å². The van der Waals surface area contributed by atoms with Crippen LogP contribution in [0, 0.1) is 5.92 Å². The topological polar surface area (TPSA) is 23.6 Å². The zero-order chi connectivity index (χ0) is 13.2. The van der Waals surface area contributed by atoms with Gasteiger partial charge in [-0.3, -0.25) is 4.79 Å². The van der Waals surface area contributed by atoms with E-state index in [1.807, 2.05) is 11.0 Å². The highest BCUT2D eigenvalue weighted by atomic mass is 16.2. The van der Waals surface area contributed by atoms with Gasteiger partial charge in [0.05, 0.1) is 0 Å². The molecule has 19 heavy (non-hydrogen) atoms. The summed E-state index contributed by atoms with van der Waals surface area (Å²) in [5.74, 6) is 0.899. The summed E-state index contributed by atoms with van der Waals surface area (Å²) in [4.78, 5) is 16.8. The minimum absolute atomic E-state index is 0.319. The Morgan fingerprint density at radius 1 is 1.21 bits per heavy atom. The monoisotopic (exact) mass is 258 g/mol. The summed E-state index contributed by atoms with van der Waals surface area (Å²) >= 11 is 0. The van der Waals surface area contributed by atoms with Gasteiger partial charge in [-0.15, -0.1) is 0 Å². The van der Waals surface area contributed by atoms with Gasteiger partial charge in [0.1, 0.15) is 0 Å². The molecule has 0 atom stereocenters. The fourth-order valence-corrected chi connectivity index (χ4v) is 3.22. The first-order chi connectivity index (χ1) is 9.24. The van der Waals surface area contributed by atoms with Crippen molar-refractivity contribution >= 4 is 11.6 Å². The van der Waals surface area contributed by atoms with E-state index in [0.29, 0.717) is 11.8 Å². The number of carbonyl (C=O) groups excluding carboxylic acids is 1. The fraction of sp³-hybridized carbons (Fsp3) is 0.562. The van der Waals surface area contributed by atoms with E-state index in [-0.39, 0.29) is 0 Å². The van der Waals surface area contributed by atoms with Gasteiger partial charge in [0.15, 0.2) is 0 Å². The first-order valence-corrected chi connectivity index (χ1v) is 7.31. The van der Waals surface area contributed by atoms with E-state index in [2.05, 4.69) is 30.1 Å². The molecule has 0 aromatic heterocycles. The average molecular weight is 258 g/mol. The number of hydrogen-bond acceptors (Lipinski definition) is 2. The molecular formula is C16H22N2O. The normalized spacial score (nSPS) is 20.6. The van der Waals surface area contributed by atoms with Crippen LogP contribution in [0.15, 0.2) is 24.3 Å². The van der Waals surface area contributed by atoms with E-state index in [0.717, 1.165) is 51.0 Å². The van der Waals surface area contributed by atoms with E-state index in [4.69, 9.17) is 0 Å². The first kappa shape index (κ1) is 12.7. The Hall–Kier alpha value is -1.35. The molecule has 2 heterocycles. The molecule has 3 heteroatoms. The number of anilines is 1. The molecule has 0 N–H and O–H groups in total. The molecule has 0 radical (unpaired) electrons. The van der Waals surface area contributed by atoms with Crippen LogP contribution in [0.2, 0.25) is 0 Å². The maximum Gasteiger partial charge on any atom is 0.227 e. The van der Waals surface area contributed by atoms with Crippen molar-refractivity contribution in [1.82, 2.24) is 4.90 Å². The summed E-state index contributed by atoms with van der Waals surface area (Å²) in [6.45, 7) is 3.13. The molecule has 102 valence electrons. The lowest BCUT2D eigenvalue weighted by Crippen LogP contribution is -2.35. The van der Waals surface area contributed by atoms with Crippen molar-refractivity contribution < 1.29 is 4.79 Å². The van der Waals surface area contributed by atoms with Gasteiger partial charge < -0.3 is 9.80 Å². The number of carbonyl (C=O) groups is 1. The molecule has 2 aliphatic heterocycles. The summed E-state index contributed by atoms with van der Waals surface area (Å²) in [5.41, 5.74) is 2.46. The third-order valence-corrected chi connectivity index (χ3v) is 4.49. The largest absolute Gasteiger partial charge is 0.312 e. The lowest BCUT2D eigenvalue weighted by atomic mass is 9.93. The van der Waals surface area contributed by atoms with Gasteiger partial charge >= 0.3 is 0 Å². The van der Waals surface area contributed by atoms with Crippen molar-refractivity contribution in [3.63, 3.8) is 0 Å². The number of likely N-dealkylation sites (tertiary alicyclic amines) is 1. The van der Waals surface area contributed by atoms with Crippen molar-refractivity contribution in [3.8, 4) is 0 Å². The van der Waals surface area contributed by atoms with Crippen LogP contribution in [0.4, 0.5) is 5.69 Å². The van der Waals surface area contributed by atoms with Gasteiger partial charge in [-0.05, 0) is 56.9 Å². The molecule has 0 saturated carbocycles. The predicted molar refractivity (Wildman–Crippen MR) is 77.3 cm³/mol. The number of benzene rings is 1. The minimum Gasteiger partial charge on any atom is -0.312 e. The van der Waals surface area contributed by atoms with Crippen molar-refractivity contribution in [1.29, 1.82) is 0 Å². The molecule has 1 amide bonds. The SMILES string of the molecule is CN1CCC(CC(=O)N2CCc3ccccc32)CC1. The van der Waals surface area contributed by atoms with Crippen molar-refractivity contribution in [2.45, 2.75) is 25.7 Å². The van der Waals surface area contributed by atoms with Crippen LogP contribution in [-0.4, -0.2) is 37.5 Å². The van der Waals surface area contributed by atoms with E-state index in [9.17, 15) is 4.79 Å². The summed E-state index contributed by atoms with van der Waals surface area (Å²) in [7, 11) is 2.16. The highest BCUT2D eigenvalue weighted by molar-refractivity contribution is 5.95. The van der Waals surface area contributed by atoms with Crippen LogP contribution >= 0.6 is 0 Å². The molecule has 3 nitrogen and oxygen atoms in total. The maximum atomic E-state index is 12.5. The Morgan fingerprint density at radius 2 is 1.95 bits per heavy atom. The number of piperidine rings is 1. The highest BCUT2D eigenvalue weighted by Gasteiger charge is 2.27. The second-order valence-electron chi connectivity index (χ2n) is 5.87. The third-order valence-electron chi connectivity index (χ3n) is 4.49. The number of rotatable bonds is 2. The summed E-state index contributed by atoms with van der Waals surface area (Å²) in [5, 5.41) is 0. The van der Waals surface area contributed by atoms with Crippen LogP contribution in [0.5, 0.6) is 0 Å². The minimum atomic E-state index is 0.319. The molecule has 0 unspecified atom stereocenters. The van der Waals surface area contributed by atoms with E-state index in [1.54, 1.807) is 0 Å². The number of para-hydroxylation sites is 1. The molecule has 2 aliphatic rings. The second-order valence-corrected chi connectivity index (χ2v) is 5.87. The first-order valence-electron chi connectivity index (χ1n) is 7.31. The third kappa shape index (κ3) is 2.66. The molecule has 0 bridgehead atoms. The quantitative estimate of drug-likeness (QED) is 0.812. The number of amides is 1. The van der Waals surface area contributed by atoms with Crippen molar-refractivity contribution in [3.05, 3.63) is 29.8 Å². The zero-order valence-electron chi connectivity index (χ0n) is 11.6. The lowest BCUT2D eigenvalue weighted by Gasteiger charge is -2.29. The van der Waals surface area contributed by atoms with E-state index in [1.165, 1.54) is 5.56 Å². The molecule has 3 rings (SSSR count). The van der Waals surface area contributed by atoms with Gasteiger partial charge in [0.2, 0.25) is 5.91 Å². The van der Waals surface area contributed by atoms with Crippen LogP contribution in [-0.2, 0) is 11.2 Å². The maximum absolute atomic E-state index is 12.5. The average Bonchev–Trinajstić information content (AvgIpc) is 2.85. The molecule has 1 aromatic rings. The Bertz CT molecular complexity index is 464. The molecule has 0 aliphatic carbocycles. The van der Waals surface area contributed by atoms with Crippen molar-refractivity contribution in [2.24, 2.45) is 5.92 Å². The van der Waals surface area contributed by atoms with Gasteiger partial charge in [-0.25, -0.2) is 0 Å². The highest BCUT2D eigenvalue weighted by Crippen LogP contribution is 2.29. The van der Waals surface area contributed by atoms with Gasteiger partial charge in [0.25, 0.3) is 0 Å². The van der Waals surface area contributed by atoms with Crippen LogP contribution in [0.25, 0.3) is 0 Å². The molecule has 1 aromatic carbocycles.